The number of nitrogens with zero attached hydrogens (tertiary/aromatic N) is 20. The van der Waals surface area contributed by atoms with Gasteiger partial charge in [-0.25, -0.2) is 29.1 Å². The quantitative estimate of drug-likeness (QED) is 0.00863. The SMILES string of the molecule is [C-]#[N+]c1c(CCCc2nn(-c3ccc(C(=O)OOOOOOOOOOOOOOOOOOOOOO)cc3)c(/N=N/c3c(C)nn(-c4nc(O)nc(NCCC(=O)O)n4)c3N)c2C#N)nn(-c2ccc(C(=O)O)cc2)c1/N=N/c1c(C)nn(-c2nc(O)nc(NCCC(=O)O)n2)c1N. The summed E-state index contributed by atoms with van der Waals surface area (Å²) in [5, 5.41) is 180. The average Bonchev–Trinajstić information content (AvgIpc) is 1.65. The Morgan fingerprint density at radius 3 is 1.39 bits per heavy atom. The highest BCUT2D eigenvalue weighted by Crippen LogP contribution is 2.39. The summed E-state index contributed by atoms with van der Waals surface area (Å²) in [6, 6.07) is 11.0. The number of nitrogen functional groups attached to an aromatic ring is 2. The predicted octanol–water partition coefficient (Wildman–Crippen LogP) is 3.15. The highest BCUT2D eigenvalue weighted by molar-refractivity contribution is 5.89. The lowest BCUT2D eigenvalue weighted by molar-refractivity contribution is -0.896. The average molecular weight is 1410 g/mol. The van der Waals surface area contributed by atoms with Crippen molar-refractivity contribution in [2.24, 2.45) is 20.5 Å². The number of aromatic hydroxyl groups is 2. The zero-order chi connectivity index (χ0) is 71.5. The van der Waals surface area contributed by atoms with Crippen LogP contribution < -0.4 is 22.1 Å². The minimum absolute atomic E-state index is 0.0242. The van der Waals surface area contributed by atoms with E-state index in [0.29, 0.717) is 0 Å². The summed E-state index contributed by atoms with van der Waals surface area (Å²) in [5.74, 6) is -6.59. The van der Waals surface area contributed by atoms with Gasteiger partial charge < -0.3 is 47.6 Å². The van der Waals surface area contributed by atoms with Crippen LogP contribution in [0.25, 0.3) is 28.1 Å². The Kier molecular flexibility index (Phi) is 26.6. The van der Waals surface area contributed by atoms with Crippen LogP contribution in [-0.4, -0.2) is 137 Å². The monoisotopic (exact) mass is 1410 g/mol. The number of aliphatic carboxylic acids is 2. The van der Waals surface area contributed by atoms with Crippen LogP contribution in [0.2, 0.25) is 0 Å². The molecule has 8 rings (SSSR count). The maximum absolute atomic E-state index is 12.9. The number of nitriles is 1. The first-order valence-electron chi connectivity index (χ1n) is 26.4. The van der Waals surface area contributed by atoms with E-state index in [-0.39, 0.29) is 160 Å². The molecule has 0 aliphatic heterocycles. The molecule has 0 fully saturated rings. The molecule has 0 spiro atoms. The minimum Gasteiger partial charge on any atom is -0.481 e. The first kappa shape index (κ1) is 73.1. The van der Waals surface area contributed by atoms with Crippen molar-refractivity contribution in [3.63, 3.8) is 0 Å². The molecule has 100 heavy (non-hydrogen) atoms. The van der Waals surface area contributed by atoms with Gasteiger partial charge in [0.25, 0.3) is 17.6 Å². The molecule has 0 saturated heterocycles. The van der Waals surface area contributed by atoms with Crippen molar-refractivity contribution >= 4 is 76.1 Å². The highest BCUT2D eigenvalue weighted by atomic mass is 18.0. The number of carboxylic acids is 3. The minimum atomic E-state index is -1.23. The van der Waals surface area contributed by atoms with Gasteiger partial charge >= 0.3 is 35.9 Å². The zero-order valence-corrected chi connectivity index (χ0v) is 49.6. The third-order valence-corrected chi connectivity index (χ3v) is 11.7. The van der Waals surface area contributed by atoms with Gasteiger partial charge in [-0.3, -0.25) is 14.5 Å². The van der Waals surface area contributed by atoms with Crippen LogP contribution in [0.1, 0.15) is 68.3 Å². The number of carbonyl (C=O) groups is 4. The molecule has 0 aliphatic carbocycles. The zero-order valence-electron chi connectivity index (χ0n) is 49.6. The Bertz CT molecular complexity index is 4290. The van der Waals surface area contributed by atoms with Crippen molar-refractivity contribution in [1.29, 1.82) is 5.26 Å². The third-order valence-electron chi connectivity index (χ3n) is 11.7. The van der Waals surface area contributed by atoms with Crippen LogP contribution in [0.4, 0.5) is 52.2 Å². The number of aromatic nitrogens is 14. The molecule has 0 atom stereocenters. The maximum Gasteiger partial charge on any atom is 0.376 e. The molecule has 2 aromatic carbocycles. The van der Waals surface area contributed by atoms with E-state index in [4.69, 9.17) is 33.5 Å². The number of hydrogen-bond acceptors (Lipinski definition) is 47. The Labute approximate surface area is 547 Å². The number of carboxylic acid groups (broad SMARTS) is 3. The predicted molar refractivity (Wildman–Crippen MR) is 292 cm³/mol. The first-order valence-corrected chi connectivity index (χ1v) is 26.4. The van der Waals surface area contributed by atoms with Crippen LogP contribution >= 0.6 is 0 Å². The van der Waals surface area contributed by atoms with Gasteiger partial charge in [-0.1, -0.05) is 0 Å². The van der Waals surface area contributed by atoms with Crippen molar-refractivity contribution in [2.45, 2.75) is 46.0 Å². The van der Waals surface area contributed by atoms with Gasteiger partial charge in [0.05, 0.1) is 64.7 Å². The van der Waals surface area contributed by atoms with E-state index < -0.39 is 35.9 Å². The summed E-state index contributed by atoms with van der Waals surface area (Å²) in [4.78, 5) is 78.6. The summed E-state index contributed by atoms with van der Waals surface area (Å²) < 4.78 is 4.38. The molecular weight excluding hydrogens is 1370 g/mol. The van der Waals surface area contributed by atoms with Gasteiger partial charge in [0, 0.05) is 73.5 Å². The molecule has 6 aromatic heterocycles. The van der Waals surface area contributed by atoms with E-state index in [1.807, 2.05) is 0 Å². The van der Waals surface area contributed by atoms with E-state index in [9.17, 15) is 39.8 Å². The number of carbonyl (C=O) groups excluding carboxylic acids is 1. The molecule has 0 amide bonds. The summed E-state index contributed by atoms with van der Waals surface area (Å²) in [6.45, 7) is 11.1. The maximum atomic E-state index is 12.9. The van der Waals surface area contributed by atoms with Crippen LogP contribution in [-0.2, 0) is 128 Å². The van der Waals surface area contributed by atoms with Crippen molar-refractivity contribution in [2.75, 3.05) is 35.2 Å². The van der Waals surface area contributed by atoms with E-state index in [2.05, 4.69) is 198 Å². The number of hydrogen-bond donors (Lipinski definition) is 10. The summed E-state index contributed by atoms with van der Waals surface area (Å²) in [5.41, 5.74) is 13.1. The fourth-order valence-electron chi connectivity index (χ4n) is 7.66. The molecular formula is C45H40N24O31. The number of nitrogens with one attached hydrogen (secondary N) is 2. The Morgan fingerprint density at radius 1 is 0.550 bits per heavy atom. The van der Waals surface area contributed by atoms with Crippen LogP contribution in [0.5, 0.6) is 12.0 Å². The number of benzene rings is 2. The van der Waals surface area contributed by atoms with E-state index in [1.54, 1.807) is 0 Å². The van der Waals surface area contributed by atoms with E-state index >= 15 is 0 Å². The van der Waals surface area contributed by atoms with Crippen molar-refractivity contribution < 1.29 is 156 Å². The third kappa shape index (κ3) is 20.2. The van der Waals surface area contributed by atoms with Crippen LogP contribution in [0.3, 0.4) is 0 Å². The Morgan fingerprint density at radius 2 is 0.960 bits per heavy atom. The second-order valence-corrected chi connectivity index (χ2v) is 17.8. The van der Waals surface area contributed by atoms with Crippen molar-refractivity contribution in [3.05, 3.63) is 99.4 Å². The highest BCUT2D eigenvalue weighted by Gasteiger charge is 2.26. The molecule has 0 radical (unpaired) electrons. The van der Waals surface area contributed by atoms with E-state index in [0.717, 1.165) is 9.36 Å². The summed E-state index contributed by atoms with van der Waals surface area (Å²) in [6.07, 6.45) is -0.622. The summed E-state index contributed by atoms with van der Waals surface area (Å²) >= 11 is 0. The molecule has 0 unspecified atom stereocenters. The molecule has 55 nitrogen and oxygen atoms in total. The first-order chi connectivity index (χ1) is 48.4. The van der Waals surface area contributed by atoms with E-state index in [1.165, 1.54) is 71.7 Å². The van der Waals surface area contributed by atoms with Crippen LogP contribution in [0.15, 0.2) is 69.0 Å². The fourth-order valence-corrected chi connectivity index (χ4v) is 7.66. The van der Waals surface area contributed by atoms with Gasteiger partial charge in [-0.05, 0) is 122 Å². The van der Waals surface area contributed by atoms with Gasteiger partial charge in [0.15, 0.2) is 34.6 Å². The lowest BCUT2D eigenvalue weighted by Crippen LogP contribution is -2.13. The Hall–Kier alpha value is -12.7. The molecule has 8 aromatic rings. The normalized spacial score (nSPS) is 11.4. The molecule has 0 aliphatic rings. The largest absolute Gasteiger partial charge is 0.481 e. The smallest absolute Gasteiger partial charge is 0.376 e. The second kappa shape index (κ2) is 36.4. The molecule has 526 valence electrons. The molecule has 55 heteroatoms. The van der Waals surface area contributed by atoms with Gasteiger partial charge in [0.2, 0.25) is 11.9 Å². The topological polar surface area (TPSA) is 686 Å². The van der Waals surface area contributed by atoms with Gasteiger partial charge in [-0.2, -0.15) is 64.9 Å². The summed E-state index contributed by atoms with van der Waals surface area (Å²) in [7, 11) is 0. The number of nitrogens with two attached hydrogens (primary N) is 2. The molecule has 0 saturated carbocycles. The number of aryl methyl sites for hydroxylation is 4. The van der Waals surface area contributed by atoms with Gasteiger partial charge in [0.1, 0.15) is 11.6 Å². The van der Waals surface area contributed by atoms with Crippen molar-refractivity contribution in [1.82, 2.24) is 69.0 Å². The number of anilines is 4. The van der Waals surface area contributed by atoms with Gasteiger partial charge in [-0.15, -0.1) is 20.5 Å². The fraction of sp³-hybridized carbons (Fsp3) is 0.200. The molecule has 0 bridgehead atoms. The Balaban J connectivity index is 0.995. The number of rotatable bonds is 42. The van der Waals surface area contributed by atoms with Crippen molar-refractivity contribution in [3.8, 4) is 41.4 Å². The standard InChI is InChI=1S/C45H40N24O31/c1-20-31(34(47)68(62-20)42-52-40(54-44(77)56-42)50-17-15-29(70)71)58-60-36-26(19-46)27(64-66(36)24-13-9-23(10-14-24)39(76)80-82-84-86-88-90-92-94-96-98-100-99-97-95-93-91-89-87-85-83-81-79)5-4-6-28-33(49-3)37(67(65-28)25-11-7-22(8-12-25)38(74)75)61-59-32-21(2)63-69(35(32)48)43-53-41(55-45(78)57-43)51-18-16-30(72)73/h7-14,79H,4-6,15-18,47-48H2,1-2H3,(H,70,71)(H,72,73)(H,74,75)(H2,50,52,54,56,77)(H2,51,53,55,57,78)/b60-58+,61-59+. The lowest BCUT2D eigenvalue weighted by Gasteiger charge is -2.06. The second-order valence-electron chi connectivity index (χ2n) is 17.8. The number of aromatic carboxylic acids is 1. The molecule has 12 N–H and O–H groups in total. The number of azo groups is 2. The molecule has 6 heterocycles. The van der Waals surface area contributed by atoms with Crippen LogP contribution in [0, 0.1) is 31.8 Å². The lowest BCUT2D eigenvalue weighted by atomic mass is 10.1.